The van der Waals surface area contributed by atoms with Crippen molar-refractivity contribution >= 4 is 13.7 Å². The monoisotopic (exact) mass is 237 g/mol. The first kappa shape index (κ1) is 14.2. The van der Waals surface area contributed by atoms with Crippen molar-refractivity contribution in [3.63, 3.8) is 0 Å². The van der Waals surface area contributed by atoms with Crippen LogP contribution in [0.5, 0.6) is 0 Å². The molecule has 0 aromatic heterocycles. The molecule has 0 saturated heterocycles. The number of phosphoric ester groups is 1. The third-order valence-corrected chi connectivity index (χ3v) is 2.80. The van der Waals surface area contributed by atoms with Gasteiger partial charge in [-0.25, -0.2) is 4.57 Å². The number of hydrogen-bond acceptors (Lipinski definition) is 5. The zero-order valence-electron chi connectivity index (χ0n) is 9.30. The molecular weight excluding hydrogens is 221 g/mol. The van der Waals surface area contributed by atoms with E-state index in [9.17, 15) is 9.36 Å². The van der Waals surface area contributed by atoms with Crippen molar-refractivity contribution in [1.82, 2.24) is 4.90 Å². The molecular formula is C8H16NO5P. The van der Waals surface area contributed by atoms with Gasteiger partial charge in [0, 0.05) is 34.7 Å². The maximum Gasteiger partial charge on any atom is 0.528 e. The molecule has 0 aromatic rings. The zero-order valence-corrected chi connectivity index (χ0v) is 10.2. The highest BCUT2D eigenvalue weighted by Gasteiger charge is 2.21. The van der Waals surface area contributed by atoms with Gasteiger partial charge in [0.1, 0.15) is 0 Å². The van der Waals surface area contributed by atoms with Gasteiger partial charge in [-0.15, -0.1) is 0 Å². The molecule has 0 heterocycles. The first-order valence-electron chi connectivity index (χ1n) is 4.20. The summed E-state index contributed by atoms with van der Waals surface area (Å²) < 4.78 is 25.0. The molecule has 0 atom stereocenters. The summed E-state index contributed by atoms with van der Waals surface area (Å²) in [4.78, 5) is 12.5. The number of carbonyl (C=O) groups is 1. The second-order valence-electron chi connectivity index (χ2n) is 2.78. The van der Waals surface area contributed by atoms with Crippen LogP contribution in [0.2, 0.25) is 0 Å². The highest BCUT2D eigenvalue weighted by Crippen LogP contribution is 2.47. The van der Waals surface area contributed by atoms with E-state index in [0.29, 0.717) is 0 Å². The Morgan fingerprint density at radius 2 is 1.87 bits per heavy atom. The zero-order chi connectivity index (χ0) is 11.9. The van der Waals surface area contributed by atoms with Crippen molar-refractivity contribution in [3.8, 4) is 0 Å². The first-order chi connectivity index (χ1) is 6.95. The Morgan fingerprint density at radius 1 is 1.33 bits per heavy atom. The van der Waals surface area contributed by atoms with E-state index in [0.717, 1.165) is 6.26 Å². The molecule has 0 fully saturated rings. The SMILES string of the molecule is COP(=O)(OC)OC=CCC(=O)N(C)C. The first-order valence-corrected chi connectivity index (χ1v) is 5.66. The lowest BCUT2D eigenvalue weighted by Gasteiger charge is -2.11. The molecule has 1 amide bonds. The van der Waals surface area contributed by atoms with Crippen LogP contribution in [0.25, 0.3) is 0 Å². The molecule has 0 saturated carbocycles. The fraction of sp³-hybridized carbons (Fsp3) is 0.625. The van der Waals surface area contributed by atoms with Crippen LogP contribution < -0.4 is 0 Å². The van der Waals surface area contributed by atoms with Crippen molar-refractivity contribution in [2.75, 3.05) is 28.3 Å². The molecule has 0 radical (unpaired) electrons. The molecule has 0 unspecified atom stereocenters. The van der Waals surface area contributed by atoms with Gasteiger partial charge in [-0.1, -0.05) is 0 Å². The molecule has 0 rings (SSSR count). The van der Waals surface area contributed by atoms with Crippen molar-refractivity contribution in [2.24, 2.45) is 0 Å². The Labute approximate surface area is 89.4 Å². The normalized spacial score (nSPS) is 11.7. The Balaban J connectivity index is 4.00. The quantitative estimate of drug-likeness (QED) is 0.516. The Hall–Kier alpha value is -0.840. The Morgan fingerprint density at radius 3 is 2.27 bits per heavy atom. The minimum absolute atomic E-state index is 0.0838. The van der Waals surface area contributed by atoms with Crippen molar-refractivity contribution < 1.29 is 22.9 Å². The lowest BCUT2D eigenvalue weighted by Crippen LogP contribution is -2.20. The third-order valence-electron chi connectivity index (χ3n) is 1.52. The van der Waals surface area contributed by atoms with Gasteiger partial charge in [0.2, 0.25) is 5.91 Å². The highest BCUT2D eigenvalue weighted by molar-refractivity contribution is 7.48. The van der Waals surface area contributed by atoms with Crippen LogP contribution >= 0.6 is 7.82 Å². The Kier molecular flexibility index (Phi) is 6.24. The van der Waals surface area contributed by atoms with Gasteiger partial charge in [-0.2, -0.15) is 0 Å². The van der Waals surface area contributed by atoms with E-state index in [1.54, 1.807) is 14.1 Å². The van der Waals surface area contributed by atoms with Gasteiger partial charge in [0.25, 0.3) is 0 Å². The van der Waals surface area contributed by atoms with Gasteiger partial charge in [0.05, 0.1) is 6.26 Å². The smallest absolute Gasteiger partial charge is 0.412 e. The number of nitrogens with zero attached hydrogens (tertiary/aromatic N) is 1. The molecule has 6 nitrogen and oxygen atoms in total. The fourth-order valence-electron chi connectivity index (χ4n) is 0.610. The third kappa shape index (κ3) is 5.57. The summed E-state index contributed by atoms with van der Waals surface area (Å²) in [5.41, 5.74) is 0. The number of hydrogen-bond donors (Lipinski definition) is 0. The van der Waals surface area contributed by atoms with Crippen LogP contribution in [0, 0.1) is 0 Å². The second kappa shape index (κ2) is 6.61. The van der Waals surface area contributed by atoms with E-state index in [1.165, 1.54) is 25.2 Å². The van der Waals surface area contributed by atoms with Gasteiger partial charge >= 0.3 is 7.82 Å². The average Bonchev–Trinajstić information content (AvgIpc) is 2.23. The molecule has 0 bridgehead atoms. The van der Waals surface area contributed by atoms with E-state index >= 15 is 0 Å². The molecule has 7 heteroatoms. The van der Waals surface area contributed by atoms with Crippen molar-refractivity contribution in [1.29, 1.82) is 0 Å². The maximum atomic E-state index is 11.3. The van der Waals surface area contributed by atoms with Crippen LogP contribution in [0.3, 0.4) is 0 Å². The minimum atomic E-state index is -3.48. The van der Waals surface area contributed by atoms with Crippen LogP contribution in [-0.4, -0.2) is 39.1 Å². The van der Waals surface area contributed by atoms with E-state index in [2.05, 4.69) is 9.05 Å². The number of rotatable bonds is 6. The van der Waals surface area contributed by atoms with Gasteiger partial charge in [0.15, 0.2) is 0 Å². The van der Waals surface area contributed by atoms with E-state index in [-0.39, 0.29) is 12.3 Å². The summed E-state index contributed by atoms with van der Waals surface area (Å²) in [5.74, 6) is -0.0838. The van der Waals surface area contributed by atoms with Crippen LogP contribution in [0.1, 0.15) is 6.42 Å². The topological polar surface area (TPSA) is 65.1 Å². The summed E-state index contributed by atoms with van der Waals surface area (Å²) in [6.07, 6.45) is 2.74. The lowest BCUT2D eigenvalue weighted by atomic mass is 10.4. The van der Waals surface area contributed by atoms with Gasteiger partial charge < -0.3 is 9.42 Å². The maximum absolute atomic E-state index is 11.3. The summed E-state index contributed by atoms with van der Waals surface area (Å²) in [6.45, 7) is 0. The fourth-order valence-corrected chi connectivity index (χ4v) is 1.17. The highest BCUT2D eigenvalue weighted by atomic mass is 31.2. The summed E-state index contributed by atoms with van der Waals surface area (Å²) in [5, 5.41) is 0. The number of amides is 1. The molecule has 0 aliphatic heterocycles. The molecule has 0 N–H and O–H groups in total. The molecule has 0 aliphatic rings. The molecule has 0 spiro atoms. The summed E-state index contributed by atoms with van der Waals surface area (Å²) >= 11 is 0. The summed E-state index contributed by atoms with van der Waals surface area (Å²) in [7, 11) is 2.24. The standard InChI is InChI=1S/C8H16NO5P/c1-9(2)8(10)6-5-7-14-15(11,12-3)13-4/h5,7H,6H2,1-4H3. The predicted octanol–water partition coefficient (Wildman–Crippen LogP) is 1.40. The van der Waals surface area contributed by atoms with Gasteiger partial charge in [-0.05, 0) is 6.08 Å². The minimum Gasteiger partial charge on any atom is -0.412 e. The van der Waals surface area contributed by atoms with Crippen molar-refractivity contribution in [2.45, 2.75) is 6.42 Å². The largest absolute Gasteiger partial charge is 0.528 e. The molecule has 0 aliphatic carbocycles. The average molecular weight is 237 g/mol. The Bertz CT molecular complexity index is 268. The van der Waals surface area contributed by atoms with E-state index in [1.807, 2.05) is 0 Å². The van der Waals surface area contributed by atoms with E-state index in [4.69, 9.17) is 4.52 Å². The lowest BCUT2D eigenvalue weighted by molar-refractivity contribution is -0.127. The van der Waals surface area contributed by atoms with Crippen LogP contribution in [0.4, 0.5) is 0 Å². The summed E-state index contributed by atoms with van der Waals surface area (Å²) in [6, 6.07) is 0. The van der Waals surface area contributed by atoms with Gasteiger partial charge in [-0.3, -0.25) is 13.8 Å². The van der Waals surface area contributed by atoms with E-state index < -0.39 is 7.82 Å². The predicted molar refractivity (Wildman–Crippen MR) is 55.2 cm³/mol. The van der Waals surface area contributed by atoms with Crippen LogP contribution in [-0.2, 0) is 22.9 Å². The molecule has 0 aromatic carbocycles. The number of carbonyl (C=O) groups excluding carboxylic acids is 1. The number of phosphoric acid groups is 1. The van der Waals surface area contributed by atoms with Crippen molar-refractivity contribution in [3.05, 3.63) is 12.3 Å². The molecule has 15 heavy (non-hydrogen) atoms. The molecule has 88 valence electrons. The second-order valence-corrected chi connectivity index (χ2v) is 4.62. The van der Waals surface area contributed by atoms with Crippen LogP contribution in [0.15, 0.2) is 12.3 Å².